The monoisotopic (exact) mass is 383 g/mol. The molecule has 1 fully saturated rings. The summed E-state index contributed by atoms with van der Waals surface area (Å²) in [4.78, 5) is 20.4. The van der Waals surface area contributed by atoms with E-state index >= 15 is 0 Å². The molecule has 0 aliphatic carbocycles. The fourth-order valence-corrected chi connectivity index (χ4v) is 4.64. The maximum Gasteiger partial charge on any atom is 0.229 e. The molecule has 0 radical (unpaired) electrons. The van der Waals surface area contributed by atoms with E-state index < -0.39 is 0 Å². The summed E-state index contributed by atoms with van der Waals surface area (Å²) in [7, 11) is 0. The van der Waals surface area contributed by atoms with Crippen LogP contribution >= 0.6 is 11.3 Å². The molecule has 5 rings (SSSR count). The van der Waals surface area contributed by atoms with Crippen molar-refractivity contribution in [1.82, 2.24) is 14.3 Å². The van der Waals surface area contributed by atoms with Crippen molar-refractivity contribution in [2.75, 3.05) is 19.8 Å². The predicted molar refractivity (Wildman–Crippen MR) is 103 cm³/mol. The molecule has 4 heterocycles. The van der Waals surface area contributed by atoms with Crippen molar-refractivity contribution in [3.63, 3.8) is 0 Å². The van der Waals surface area contributed by atoms with Gasteiger partial charge >= 0.3 is 0 Å². The lowest BCUT2D eigenvalue weighted by molar-refractivity contribution is -0.131. The molecule has 6 nitrogen and oxygen atoms in total. The average molecular weight is 383 g/mol. The van der Waals surface area contributed by atoms with E-state index in [1.807, 2.05) is 39.2 Å². The molecule has 1 saturated heterocycles. The lowest BCUT2D eigenvalue weighted by Crippen LogP contribution is -2.31. The van der Waals surface area contributed by atoms with Crippen LogP contribution in [0.3, 0.4) is 0 Å². The largest absolute Gasteiger partial charge is 0.490 e. The highest BCUT2D eigenvalue weighted by Crippen LogP contribution is 2.38. The molecule has 1 atom stereocenters. The lowest BCUT2D eigenvalue weighted by atomic mass is 10.0. The molecule has 27 heavy (non-hydrogen) atoms. The van der Waals surface area contributed by atoms with E-state index in [9.17, 15) is 4.79 Å². The van der Waals surface area contributed by atoms with Crippen molar-refractivity contribution in [3.8, 4) is 11.5 Å². The SMILES string of the molecule is O=C(Cc1cn2ccsc2n1)N1CCCC1c1ccc2c(c1)OCCCO2. The van der Waals surface area contributed by atoms with E-state index in [1.165, 1.54) is 0 Å². The molecular weight excluding hydrogens is 362 g/mol. The van der Waals surface area contributed by atoms with Crippen LogP contribution < -0.4 is 9.47 Å². The lowest BCUT2D eigenvalue weighted by Gasteiger charge is -2.25. The molecule has 2 aromatic heterocycles. The van der Waals surface area contributed by atoms with Gasteiger partial charge in [0.15, 0.2) is 16.5 Å². The highest BCUT2D eigenvalue weighted by atomic mass is 32.1. The Hall–Kier alpha value is -2.54. The Balaban J connectivity index is 1.35. The number of fused-ring (bicyclic) bond motifs is 2. The number of rotatable bonds is 3. The van der Waals surface area contributed by atoms with Gasteiger partial charge in [0.25, 0.3) is 0 Å². The number of aromatic nitrogens is 2. The highest BCUT2D eigenvalue weighted by Gasteiger charge is 2.31. The van der Waals surface area contributed by atoms with Crippen molar-refractivity contribution in [3.05, 3.63) is 47.2 Å². The van der Waals surface area contributed by atoms with E-state index in [-0.39, 0.29) is 11.9 Å². The van der Waals surface area contributed by atoms with Crippen LogP contribution in [-0.4, -0.2) is 40.0 Å². The number of imidazole rings is 1. The van der Waals surface area contributed by atoms with Gasteiger partial charge in [-0.25, -0.2) is 4.98 Å². The van der Waals surface area contributed by atoms with Crippen LogP contribution in [0.1, 0.15) is 36.6 Å². The number of ether oxygens (including phenoxy) is 2. The third kappa shape index (κ3) is 3.16. The second-order valence-electron chi connectivity index (χ2n) is 7.00. The zero-order chi connectivity index (χ0) is 18.2. The molecule has 7 heteroatoms. The Morgan fingerprint density at radius 2 is 2.11 bits per heavy atom. The Morgan fingerprint density at radius 3 is 3.00 bits per heavy atom. The van der Waals surface area contributed by atoms with Gasteiger partial charge in [-0.2, -0.15) is 0 Å². The first-order valence-corrected chi connectivity index (χ1v) is 10.3. The molecule has 0 bridgehead atoms. The number of amides is 1. The van der Waals surface area contributed by atoms with Crippen molar-refractivity contribution < 1.29 is 14.3 Å². The van der Waals surface area contributed by atoms with Gasteiger partial charge in [-0.3, -0.25) is 9.20 Å². The molecule has 1 amide bonds. The highest BCUT2D eigenvalue weighted by molar-refractivity contribution is 7.15. The second kappa shape index (κ2) is 6.88. The van der Waals surface area contributed by atoms with E-state index in [1.54, 1.807) is 11.3 Å². The number of thiazole rings is 1. The van der Waals surface area contributed by atoms with Crippen LogP contribution in [0.25, 0.3) is 4.96 Å². The van der Waals surface area contributed by atoms with Crippen molar-refractivity contribution in [1.29, 1.82) is 0 Å². The van der Waals surface area contributed by atoms with Crippen LogP contribution in [0.2, 0.25) is 0 Å². The summed E-state index contributed by atoms with van der Waals surface area (Å²) >= 11 is 1.58. The van der Waals surface area contributed by atoms with E-state index in [0.29, 0.717) is 19.6 Å². The van der Waals surface area contributed by atoms with Gasteiger partial charge in [0, 0.05) is 30.7 Å². The number of carbonyl (C=O) groups is 1. The number of likely N-dealkylation sites (tertiary alicyclic amines) is 1. The minimum Gasteiger partial charge on any atom is -0.490 e. The topological polar surface area (TPSA) is 56.1 Å². The molecule has 140 valence electrons. The van der Waals surface area contributed by atoms with E-state index in [2.05, 4.69) is 11.1 Å². The van der Waals surface area contributed by atoms with Crippen LogP contribution in [0.4, 0.5) is 0 Å². The molecule has 2 aliphatic heterocycles. The summed E-state index contributed by atoms with van der Waals surface area (Å²) in [5, 5.41) is 1.99. The third-order valence-corrected chi connectivity index (χ3v) is 5.98. The number of nitrogens with zero attached hydrogens (tertiary/aromatic N) is 3. The van der Waals surface area contributed by atoms with Crippen molar-refractivity contribution in [2.24, 2.45) is 0 Å². The second-order valence-corrected chi connectivity index (χ2v) is 7.88. The van der Waals surface area contributed by atoms with Gasteiger partial charge in [-0.05, 0) is 30.5 Å². The standard InChI is InChI=1S/C20H21N3O3S/c24-19(12-15-13-22-7-10-27-20(22)21-15)23-6-1-3-16(23)14-4-5-17-18(11-14)26-9-2-8-25-17/h4-5,7,10-11,13,16H,1-3,6,8-9,12H2. The zero-order valence-electron chi connectivity index (χ0n) is 15.0. The van der Waals surface area contributed by atoms with Gasteiger partial charge < -0.3 is 14.4 Å². The maximum absolute atomic E-state index is 13.0. The summed E-state index contributed by atoms with van der Waals surface area (Å²) in [5.41, 5.74) is 1.95. The summed E-state index contributed by atoms with van der Waals surface area (Å²) in [5.74, 6) is 1.72. The minimum atomic E-state index is 0.0957. The van der Waals surface area contributed by atoms with Crippen molar-refractivity contribution in [2.45, 2.75) is 31.7 Å². The Kier molecular flexibility index (Phi) is 4.24. The van der Waals surface area contributed by atoms with E-state index in [4.69, 9.17) is 9.47 Å². The molecular formula is C20H21N3O3S. The molecule has 0 spiro atoms. The van der Waals surface area contributed by atoms with Gasteiger partial charge in [-0.1, -0.05) is 6.07 Å². The van der Waals surface area contributed by atoms with Gasteiger partial charge in [-0.15, -0.1) is 11.3 Å². The van der Waals surface area contributed by atoms with Crippen LogP contribution in [0, 0.1) is 0 Å². The summed E-state index contributed by atoms with van der Waals surface area (Å²) in [6, 6.07) is 6.18. The molecule has 0 N–H and O–H groups in total. The predicted octanol–water partition coefficient (Wildman–Crippen LogP) is 3.46. The molecule has 0 saturated carbocycles. The Labute approximate surface area is 161 Å². The molecule has 2 aliphatic rings. The molecule has 1 aromatic carbocycles. The van der Waals surface area contributed by atoms with Crippen LogP contribution in [0.15, 0.2) is 36.0 Å². The van der Waals surface area contributed by atoms with Gasteiger partial charge in [0.05, 0.1) is 31.4 Å². The maximum atomic E-state index is 13.0. The average Bonchev–Trinajstić information content (AvgIpc) is 3.34. The van der Waals surface area contributed by atoms with E-state index in [0.717, 1.165) is 53.5 Å². The van der Waals surface area contributed by atoms with Crippen LogP contribution in [-0.2, 0) is 11.2 Å². The summed E-state index contributed by atoms with van der Waals surface area (Å²) in [6.45, 7) is 2.14. The first-order chi connectivity index (χ1) is 13.3. The number of benzene rings is 1. The van der Waals surface area contributed by atoms with Gasteiger partial charge in [0.1, 0.15) is 0 Å². The molecule has 1 unspecified atom stereocenters. The first kappa shape index (κ1) is 16.6. The quantitative estimate of drug-likeness (QED) is 0.695. The summed E-state index contributed by atoms with van der Waals surface area (Å²) < 4.78 is 13.5. The smallest absolute Gasteiger partial charge is 0.229 e. The van der Waals surface area contributed by atoms with Crippen molar-refractivity contribution >= 4 is 22.2 Å². The number of hydrogen-bond acceptors (Lipinski definition) is 5. The number of carbonyl (C=O) groups excluding carboxylic acids is 1. The minimum absolute atomic E-state index is 0.0957. The fourth-order valence-electron chi connectivity index (χ4n) is 3.92. The van der Waals surface area contributed by atoms with Gasteiger partial charge in [0.2, 0.25) is 5.91 Å². The zero-order valence-corrected chi connectivity index (χ0v) is 15.8. The number of hydrogen-bond donors (Lipinski definition) is 0. The fraction of sp³-hybridized carbons (Fsp3) is 0.400. The molecule has 3 aromatic rings. The summed E-state index contributed by atoms with van der Waals surface area (Å²) in [6.07, 6.45) is 7.14. The normalized spacial score (nSPS) is 19.4. The third-order valence-electron chi connectivity index (χ3n) is 5.20. The Morgan fingerprint density at radius 1 is 1.22 bits per heavy atom. The van der Waals surface area contributed by atoms with Crippen LogP contribution in [0.5, 0.6) is 11.5 Å². The Bertz CT molecular complexity index is 951. The first-order valence-electron chi connectivity index (χ1n) is 9.38.